The van der Waals surface area contributed by atoms with E-state index in [4.69, 9.17) is 25.0 Å². The molecule has 13 atom stereocenters. The first-order valence-corrected chi connectivity index (χ1v) is 27.1. The number of methoxy groups -OCH3 is 2. The summed E-state index contributed by atoms with van der Waals surface area (Å²) in [6.07, 6.45) is 9.32. The second-order valence-electron chi connectivity index (χ2n) is 26.3. The summed E-state index contributed by atoms with van der Waals surface area (Å²) in [6, 6.07) is 3.70. The summed E-state index contributed by atoms with van der Waals surface area (Å²) in [5.41, 5.74) is 3.00. The highest BCUT2D eigenvalue weighted by Crippen LogP contribution is 2.78. The molecule has 406 valence electrons. The molecule has 1 heterocycles. The van der Waals surface area contributed by atoms with Crippen LogP contribution in [0.1, 0.15) is 172 Å². The molecule has 0 spiro atoms. The van der Waals surface area contributed by atoms with Crippen LogP contribution in [0.5, 0.6) is 11.5 Å². The average Bonchev–Trinajstić information content (AvgIpc) is 3.95. The number of aliphatic carboxylic acids is 1. The van der Waals surface area contributed by atoms with Crippen molar-refractivity contribution in [2.45, 2.75) is 203 Å². The standard InChI is InChI=1S/C58H90N6O9/c1-34(2)39-21-24-57(49(67)68)27-26-54(12)40(47(39)57)19-20-45-53(11)25-28-58(70,52(9,10)44(53)22-23-55(45,54)13)46-33-63(62-61-46)32-41(35(3)4)60-48(66)56(14,30-42(65)36(5)59)64(50(69)73-51(6,7)8)31-37-17-18-38(71-15)29-43(37)72-16/h17-18,29,33,35-36,39-41,44-45,47,70H,1,19-28,30-32,59H2,2-16H3,(H,60,66)(H,67,68)/t36-,39-,40+,41+,44-,45+,47+,53-,54+,55+,56-,57-,58+/m0/s1. The van der Waals surface area contributed by atoms with Crippen LogP contribution in [0.15, 0.2) is 36.5 Å². The number of Topliss-reactive ketones (excluding diaryl/α,β-unsaturated/α-hetero) is 1. The number of nitrogens with zero attached hydrogens (tertiary/aromatic N) is 4. The number of benzene rings is 1. The van der Waals surface area contributed by atoms with Gasteiger partial charge in [0.05, 0.1) is 51.0 Å². The van der Waals surface area contributed by atoms with Gasteiger partial charge in [0.1, 0.15) is 33.9 Å². The van der Waals surface area contributed by atoms with Gasteiger partial charge in [-0.2, -0.15) is 0 Å². The van der Waals surface area contributed by atoms with Crippen molar-refractivity contribution >= 4 is 23.8 Å². The molecule has 15 nitrogen and oxygen atoms in total. The van der Waals surface area contributed by atoms with E-state index in [1.807, 2.05) is 20.0 Å². The van der Waals surface area contributed by atoms with E-state index in [-0.39, 0.29) is 53.0 Å². The summed E-state index contributed by atoms with van der Waals surface area (Å²) in [4.78, 5) is 57.6. The van der Waals surface area contributed by atoms with Gasteiger partial charge in [0.25, 0.3) is 0 Å². The van der Waals surface area contributed by atoms with E-state index in [1.54, 1.807) is 57.5 Å². The molecule has 2 amide bonds. The minimum atomic E-state index is -1.79. The largest absolute Gasteiger partial charge is 0.497 e. The molecule has 7 rings (SSSR count). The Morgan fingerprint density at radius 1 is 0.918 bits per heavy atom. The Bertz CT molecular complexity index is 2440. The molecule has 0 aliphatic heterocycles. The Labute approximate surface area is 435 Å². The first-order chi connectivity index (χ1) is 33.8. The van der Waals surface area contributed by atoms with Crippen molar-refractivity contribution in [2.24, 2.45) is 68.3 Å². The lowest BCUT2D eigenvalue weighted by molar-refractivity contribution is -0.268. The number of carbonyl (C=O) groups is 4. The van der Waals surface area contributed by atoms with E-state index in [1.165, 1.54) is 19.1 Å². The number of carboxylic acids is 1. The molecule has 0 saturated heterocycles. The van der Waals surface area contributed by atoms with Crippen molar-refractivity contribution in [2.75, 3.05) is 14.2 Å². The third-order valence-corrected chi connectivity index (χ3v) is 20.7. The molecule has 73 heavy (non-hydrogen) atoms. The second kappa shape index (κ2) is 19.6. The highest BCUT2D eigenvalue weighted by atomic mass is 16.6. The molecule has 15 heteroatoms. The van der Waals surface area contributed by atoms with Gasteiger partial charge in [0.15, 0.2) is 5.78 Å². The summed E-state index contributed by atoms with van der Waals surface area (Å²) in [6.45, 7) is 30.8. The van der Waals surface area contributed by atoms with Gasteiger partial charge in [0.2, 0.25) is 5.91 Å². The smallest absolute Gasteiger partial charge is 0.411 e. The van der Waals surface area contributed by atoms with Crippen LogP contribution in [0.25, 0.3) is 0 Å². The minimum Gasteiger partial charge on any atom is -0.497 e. The predicted molar refractivity (Wildman–Crippen MR) is 280 cm³/mol. The Morgan fingerprint density at radius 3 is 2.19 bits per heavy atom. The fraction of sp³-hybridized carbons (Fsp3) is 0.759. The van der Waals surface area contributed by atoms with Gasteiger partial charge in [-0.25, -0.2) is 4.79 Å². The number of carboxylic acid groups (broad SMARTS) is 1. The van der Waals surface area contributed by atoms with Gasteiger partial charge in [-0.3, -0.25) is 24.0 Å². The molecule has 0 unspecified atom stereocenters. The maximum Gasteiger partial charge on any atom is 0.411 e. The Morgan fingerprint density at radius 2 is 1.60 bits per heavy atom. The van der Waals surface area contributed by atoms with Gasteiger partial charge >= 0.3 is 12.1 Å². The quantitative estimate of drug-likeness (QED) is 0.116. The molecule has 5 N–H and O–H groups in total. The van der Waals surface area contributed by atoms with E-state index in [0.717, 1.165) is 63.4 Å². The summed E-state index contributed by atoms with van der Waals surface area (Å²) >= 11 is 0. The number of fused-ring (bicyclic) bond motifs is 7. The summed E-state index contributed by atoms with van der Waals surface area (Å²) < 4.78 is 18.7. The van der Waals surface area contributed by atoms with Gasteiger partial charge in [-0.15, -0.1) is 5.10 Å². The number of rotatable bonds is 16. The topological polar surface area (TPSA) is 208 Å². The number of allylic oxidation sites excluding steroid dienone is 1. The number of aromatic nitrogens is 3. The van der Waals surface area contributed by atoms with Crippen molar-refractivity contribution < 1.29 is 43.6 Å². The highest BCUT2D eigenvalue weighted by molar-refractivity contribution is 5.96. The van der Waals surface area contributed by atoms with Crippen molar-refractivity contribution in [1.82, 2.24) is 25.2 Å². The Kier molecular flexibility index (Phi) is 15.1. The van der Waals surface area contributed by atoms with Crippen LogP contribution in [0.4, 0.5) is 4.79 Å². The highest BCUT2D eigenvalue weighted by Gasteiger charge is 2.73. The number of amides is 2. The van der Waals surface area contributed by atoms with E-state index >= 15 is 4.79 Å². The molecular weight excluding hydrogens is 925 g/mol. The number of hydrogen-bond acceptors (Lipinski definition) is 11. The number of hydrogen-bond donors (Lipinski definition) is 4. The number of aliphatic hydroxyl groups is 1. The molecule has 2 aromatic rings. The van der Waals surface area contributed by atoms with E-state index < -0.39 is 69.8 Å². The number of carbonyl (C=O) groups excluding carboxylic acids is 3. The molecular formula is C58H90N6O9. The monoisotopic (exact) mass is 1010 g/mol. The first-order valence-electron chi connectivity index (χ1n) is 27.1. The lowest BCUT2D eigenvalue weighted by Crippen LogP contribution is -2.68. The number of nitrogens with two attached hydrogens (primary N) is 1. The van der Waals surface area contributed by atoms with Crippen molar-refractivity contribution in [3.63, 3.8) is 0 Å². The number of ether oxygens (including phenoxy) is 3. The Balaban J connectivity index is 1.14. The van der Waals surface area contributed by atoms with Crippen LogP contribution in [0.3, 0.4) is 0 Å². The van der Waals surface area contributed by atoms with Crippen LogP contribution in [0, 0.1) is 62.6 Å². The van der Waals surface area contributed by atoms with E-state index in [0.29, 0.717) is 41.0 Å². The zero-order valence-electron chi connectivity index (χ0n) is 46.9. The van der Waals surface area contributed by atoms with E-state index in [9.17, 15) is 24.6 Å². The minimum absolute atomic E-state index is 0.0113. The predicted octanol–water partition coefficient (Wildman–Crippen LogP) is 9.87. The fourth-order valence-corrected chi connectivity index (χ4v) is 16.2. The van der Waals surface area contributed by atoms with Crippen molar-refractivity contribution in [3.8, 4) is 11.5 Å². The first kappa shape index (κ1) is 56.2. The molecule has 1 aromatic carbocycles. The van der Waals surface area contributed by atoms with Crippen molar-refractivity contribution in [3.05, 3.63) is 47.8 Å². The summed E-state index contributed by atoms with van der Waals surface area (Å²) in [5.74, 6) is 0.478. The zero-order chi connectivity index (χ0) is 54.2. The lowest BCUT2D eigenvalue weighted by atomic mass is 9.31. The second-order valence-corrected chi connectivity index (χ2v) is 26.3. The molecule has 5 fully saturated rings. The molecule has 5 aliphatic rings. The molecule has 5 saturated carbocycles. The third-order valence-electron chi connectivity index (χ3n) is 20.7. The molecule has 0 radical (unpaired) electrons. The average molecular weight is 1020 g/mol. The summed E-state index contributed by atoms with van der Waals surface area (Å²) in [5, 5.41) is 36.5. The number of nitrogens with one attached hydrogen (secondary N) is 1. The molecule has 5 aliphatic carbocycles. The number of ketones is 1. The maximum absolute atomic E-state index is 15.1. The Hall–Kier alpha value is -4.50. The van der Waals surface area contributed by atoms with Crippen molar-refractivity contribution in [1.29, 1.82) is 0 Å². The van der Waals surface area contributed by atoms with Gasteiger partial charge in [0, 0.05) is 23.5 Å². The van der Waals surface area contributed by atoms with Crippen LogP contribution >= 0.6 is 0 Å². The van der Waals surface area contributed by atoms with Gasteiger partial charge in [-0.1, -0.05) is 65.8 Å². The SMILES string of the molecule is C=C(C)[C@@H]1CC[C@]2(C(=O)O)CC[C@]3(C)[C@H](CC[C@@H]4[C@@]5(C)CC[C@@](O)(c6cn(C[C@@H](NC(=O)[C@](C)(CC(=O)[C@H](C)N)N(Cc7ccc(OC)cc7OC)C(=O)OC(C)(C)C)C(C)C)nn6)C(C)(C)[C@@H]5CC[C@]43C)[C@@H]12. The van der Waals surface area contributed by atoms with E-state index in [2.05, 4.69) is 58.7 Å². The van der Waals surface area contributed by atoms with Crippen LogP contribution < -0.4 is 20.5 Å². The van der Waals surface area contributed by atoms with Crippen LogP contribution in [0.2, 0.25) is 0 Å². The normalized spacial score (nSPS) is 34.1. The van der Waals surface area contributed by atoms with Crippen LogP contribution in [-0.2, 0) is 37.8 Å². The van der Waals surface area contributed by atoms with Gasteiger partial charge in [-0.05, 0) is 170 Å². The fourth-order valence-electron chi connectivity index (χ4n) is 16.2. The van der Waals surface area contributed by atoms with Gasteiger partial charge < -0.3 is 35.5 Å². The lowest BCUT2D eigenvalue weighted by Gasteiger charge is -2.73. The maximum atomic E-state index is 15.1. The zero-order valence-corrected chi connectivity index (χ0v) is 46.9. The third kappa shape index (κ3) is 9.30. The molecule has 0 bridgehead atoms. The van der Waals surface area contributed by atoms with Crippen LogP contribution in [-0.4, -0.2) is 91.3 Å². The molecule has 1 aromatic heterocycles. The summed E-state index contributed by atoms with van der Waals surface area (Å²) in [7, 11) is 3.04.